The molecule has 0 radical (unpaired) electrons. The van der Waals surface area contributed by atoms with Gasteiger partial charge < -0.3 is 0 Å². The molecule has 0 spiro atoms. The van der Waals surface area contributed by atoms with Crippen molar-refractivity contribution in [3.63, 3.8) is 0 Å². The van der Waals surface area contributed by atoms with Gasteiger partial charge in [0.15, 0.2) is 0 Å². The lowest BCUT2D eigenvalue weighted by Gasteiger charge is -2.06. The van der Waals surface area contributed by atoms with Crippen molar-refractivity contribution >= 4 is 21.6 Å². The first-order valence-electron chi connectivity index (χ1n) is 6.09. The molecule has 0 fully saturated rings. The van der Waals surface area contributed by atoms with E-state index in [-0.39, 0.29) is 10.0 Å². The summed E-state index contributed by atoms with van der Waals surface area (Å²) in [4.78, 5) is 3.87. The number of hydrogen-bond acceptors (Lipinski definition) is 4. The van der Waals surface area contributed by atoms with Gasteiger partial charge in [-0.15, -0.1) is 0 Å². The van der Waals surface area contributed by atoms with Gasteiger partial charge in [0.25, 0.3) is 0 Å². The highest BCUT2D eigenvalue weighted by Crippen LogP contribution is 2.11. The number of aromatic amines is 1. The Morgan fingerprint density at radius 2 is 2.15 bits per heavy atom. The topological polar surface area (TPSA) is 87.7 Å². The van der Waals surface area contributed by atoms with Gasteiger partial charge >= 0.3 is 0 Å². The number of sulfonamides is 1. The Hall–Kier alpha value is -1.44. The molecule has 0 aromatic carbocycles. The molecule has 20 heavy (non-hydrogen) atoms. The molecule has 0 amide bonds. The molecule has 8 heteroatoms. The molecule has 0 aliphatic heterocycles. The van der Waals surface area contributed by atoms with Crippen LogP contribution in [0, 0.1) is 6.92 Å². The molecule has 0 aliphatic carbocycles. The van der Waals surface area contributed by atoms with Crippen LogP contribution in [-0.4, -0.2) is 30.1 Å². The molecule has 0 bridgehead atoms. The highest BCUT2D eigenvalue weighted by Gasteiger charge is 2.13. The average molecular weight is 315 g/mol. The highest BCUT2D eigenvalue weighted by molar-refractivity contribution is 7.89. The van der Waals surface area contributed by atoms with E-state index in [4.69, 9.17) is 11.6 Å². The number of H-pyrrole nitrogens is 1. The molecule has 2 aromatic rings. The number of aromatic nitrogens is 3. The molecule has 2 aromatic heterocycles. The number of aryl methyl sites for hydroxylation is 2. The third kappa shape index (κ3) is 3.78. The lowest BCUT2D eigenvalue weighted by Crippen LogP contribution is -2.25. The van der Waals surface area contributed by atoms with E-state index < -0.39 is 10.0 Å². The summed E-state index contributed by atoms with van der Waals surface area (Å²) in [5.41, 5.74) is 2.10. The SMILES string of the molecule is Cc1[nH]ncc1CCCNS(=O)(=O)c1ccc(Cl)nc1. The van der Waals surface area contributed by atoms with Crippen LogP contribution in [0.1, 0.15) is 17.7 Å². The largest absolute Gasteiger partial charge is 0.283 e. The van der Waals surface area contributed by atoms with Crippen LogP contribution in [0.5, 0.6) is 0 Å². The summed E-state index contributed by atoms with van der Waals surface area (Å²) < 4.78 is 26.5. The maximum absolute atomic E-state index is 12.0. The average Bonchev–Trinajstić information content (AvgIpc) is 2.81. The Morgan fingerprint density at radius 3 is 2.75 bits per heavy atom. The van der Waals surface area contributed by atoms with E-state index in [0.717, 1.165) is 17.7 Å². The minimum atomic E-state index is -3.52. The van der Waals surface area contributed by atoms with Gasteiger partial charge in [0, 0.05) is 18.4 Å². The standard InChI is InChI=1S/C12H15ClN4O2S/c1-9-10(7-15-17-9)3-2-6-16-20(18,19)11-4-5-12(13)14-8-11/h4-5,7-8,16H,2-3,6H2,1H3,(H,15,17). The fourth-order valence-corrected chi connectivity index (χ4v) is 2.85. The first-order valence-corrected chi connectivity index (χ1v) is 7.95. The van der Waals surface area contributed by atoms with Gasteiger partial charge in [0.05, 0.1) is 6.20 Å². The van der Waals surface area contributed by atoms with Crippen LogP contribution in [0.15, 0.2) is 29.4 Å². The first kappa shape index (κ1) is 15.0. The van der Waals surface area contributed by atoms with Gasteiger partial charge in [-0.3, -0.25) is 5.10 Å². The van der Waals surface area contributed by atoms with Gasteiger partial charge in [-0.2, -0.15) is 5.10 Å². The number of pyridine rings is 1. The summed E-state index contributed by atoms with van der Waals surface area (Å²) >= 11 is 5.63. The zero-order valence-electron chi connectivity index (χ0n) is 10.9. The fraction of sp³-hybridized carbons (Fsp3) is 0.333. The summed E-state index contributed by atoms with van der Waals surface area (Å²) in [6.45, 7) is 2.29. The van der Waals surface area contributed by atoms with E-state index in [2.05, 4.69) is 19.9 Å². The molecule has 2 rings (SSSR count). The molecular formula is C12H15ClN4O2S. The Labute approximate surface area is 122 Å². The van der Waals surface area contributed by atoms with Crippen LogP contribution in [0.3, 0.4) is 0 Å². The second kappa shape index (κ2) is 6.34. The van der Waals surface area contributed by atoms with Gasteiger partial charge in [0.2, 0.25) is 10.0 Å². The second-order valence-corrected chi connectivity index (χ2v) is 6.49. The van der Waals surface area contributed by atoms with Gasteiger partial charge in [0.1, 0.15) is 10.0 Å². The zero-order valence-corrected chi connectivity index (χ0v) is 12.5. The maximum atomic E-state index is 12.0. The minimum absolute atomic E-state index is 0.112. The molecule has 0 saturated carbocycles. The molecule has 2 N–H and O–H groups in total. The summed E-state index contributed by atoms with van der Waals surface area (Å²) in [5, 5.41) is 7.03. The normalized spacial score (nSPS) is 11.7. The van der Waals surface area contributed by atoms with Gasteiger partial charge in [-0.25, -0.2) is 18.1 Å². The van der Waals surface area contributed by atoms with E-state index in [1.807, 2.05) is 6.92 Å². The van der Waals surface area contributed by atoms with Gasteiger partial charge in [-0.05, 0) is 37.5 Å². The monoisotopic (exact) mass is 314 g/mol. The van der Waals surface area contributed by atoms with Crippen molar-refractivity contribution in [1.82, 2.24) is 19.9 Å². The Kier molecular flexibility index (Phi) is 4.74. The number of halogens is 1. The predicted molar refractivity (Wildman–Crippen MR) is 76.1 cm³/mol. The molecule has 0 unspecified atom stereocenters. The van der Waals surface area contributed by atoms with Crippen molar-refractivity contribution in [2.75, 3.05) is 6.54 Å². The van der Waals surface area contributed by atoms with Crippen molar-refractivity contribution < 1.29 is 8.42 Å². The van der Waals surface area contributed by atoms with Crippen molar-refractivity contribution in [2.24, 2.45) is 0 Å². The van der Waals surface area contributed by atoms with Crippen molar-refractivity contribution in [1.29, 1.82) is 0 Å². The smallest absolute Gasteiger partial charge is 0.242 e. The Morgan fingerprint density at radius 1 is 1.35 bits per heavy atom. The summed E-state index contributed by atoms with van der Waals surface area (Å²) in [5.74, 6) is 0. The van der Waals surface area contributed by atoms with Crippen LogP contribution in [0.4, 0.5) is 0 Å². The van der Waals surface area contributed by atoms with Crippen LogP contribution >= 0.6 is 11.6 Å². The van der Waals surface area contributed by atoms with E-state index in [0.29, 0.717) is 13.0 Å². The zero-order chi connectivity index (χ0) is 14.6. The van der Waals surface area contributed by atoms with Crippen LogP contribution in [0.2, 0.25) is 5.15 Å². The second-order valence-electron chi connectivity index (χ2n) is 4.34. The van der Waals surface area contributed by atoms with Gasteiger partial charge in [-0.1, -0.05) is 11.6 Å². The first-order chi connectivity index (χ1) is 9.49. The third-order valence-electron chi connectivity index (χ3n) is 2.86. The van der Waals surface area contributed by atoms with E-state index >= 15 is 0 Å². The van der Waals surface area contributed by atoms with Crippen molar-refractivity contribution in [3.05, 3.63) is 40.9 Å². The molecule has 6 nitrogen and oxygen atoms in total. The molecule has 108 valence electrons. The lowest BCUT2D eigenvalue weighted by molar-refractivity contribution is 0.578. The number of rotatable bonds is 6. The maximum Gasteiger partial charge on any atom is 0.242 e. The van der Waals surface area contributed by atoms with E-state index in [9.17, 15) is 8.42 Å². The molecule has 0 aliphatic rings. The van der Waals surface area contributed by atoms with Crippen molar-refractivity contribution in [3.8, 4) is 0 Å². The number of nitrogens with one attached hydrogen (secondary N) is 2. The number of hydrogen-bond donors (Lipinski definition) is 2. The third-order valence-corrected chi connectivity index (χ3v) is 4.53. The summed E-state index contributed by atoms with van der Waals surface area (Å²) in [7, 11) is -3.52. The Balaban J connectivity index is 1.87. The molecule has 2 heterocycles. The quantitative estimate of drug-likeness (QED) is 0.627. The molecule has 0 atom stereocenters. The van der Waals surface area contributed by atoms with Crippen LogP contribution in [0.25, 0.3) is 0 Å². The number of nitrogens with zero attached hydrogens (tertiary/aromatic N) is 2. The fourth-order valence-electron chi connectivity index (χ4n) is 1.72. The summed E-state index contributed by atoms with van der Waals surface area (Å²) in [6, 6.07) is 2.88. The van der Waals surface area contributed by atoms with Crippen molar-refractivity contribution in [2.45, 2.75) is 24.7 Å². The van der Waals surface area contributed by atoms with Crippen LogP contribution < -0.4 is 4.72 Å². The minimum Gasteiger partial charge on any atom is -0.283 e. The lowest BCUT2D eigenvalue weighted by atomic mass is 10.1. The van der Waals surface area contributed by atoms with E-state index in [1.54, 1.807) is 6.20 Å². The Bertz CT molecular complexity index is 667. The summed E-state index contributed by atoms with van der Waals surface area (Å²) in [6.07, 6.45) is 4.46. The molecular weight excluding hydrogens is 300 g/mol. The molecule has 0 saturated heterocycles. The van der Waals surface area contributed by atoms with Crippen LogP contribution in [-0.2, 0) is 16.4 Å². The predicted octanol–water partition coefficient (Wildman–Crippen LogP) is 1.68. The highest BCUT2D eigenvalue weighted by atomic mass is 35.5. The van der Waals surface area contributed by atoms with E-state index in [1.165, 1.54) is 18.3 Å².